The molecule has 0 fully saturated rings. The molecule has 14 heavy (non-hydrogen) atoms. The molecule has 0 amide bonds. The van der Waals surface area contributed by atoms with E-state index in [1.165, 1.54) is 17.1 Å². The van der Waals surface area contributed by atoms with Crippen molar-refractivity contribution in [3.05, 3.63) is 34.5 Å². The molecular weight excluding hydrogens is 204 g/mol. The minimum atomic E-state index is 0.310. The largest absolute Gasteiger partial charge is 0.411 e. The zero-order chi connectivity index (χ0) is 9.97. The second-order valence-electron chi connectivity index (χ2n) is 2.49. The van der Waals surface area contributed by atoms with E-state index in [-0.39, 0.29) is 0 Å². The molecule has 0 saturated heterocycles. The number of hydrogen-bond acceptors (Lipinski definition) is 4. The molecule has 6 nitrogen and oxygen atoms in total. The molecule has 1 heterocycles. The van der Waals surface area contributed by atoms with Crippen LogP contribution >= 0.6 is 11.6 Å². The van der Waals surface area contributed by atoms with Gasteiger partial charge in [0, 0.05) is 5.02 Å². The molecule has 2 aromatic rings. The Morgan fingerprint density at radius 1 is 1.43 bits per heavy atom. The van der Waals surface area contributed by atoms with Gasteiger partial charge in [-0.3, -0.25) is 0 Å². The van der Waals surface area contributed by atoms with Crippen LogP contribution in [0.1, 0.15) is 0 Å². The van der Waals surface area contributed by atoms with E-state index >= 15 is 0 Å². The van der Waals surface area contributed by atoms with Gasteiger partial charge in [-0.15, -0.1) is 5.10 Å². The third-order valence-electron chi connectivity index (χ3n) is 1.64. The highest BCUT2D eigenvalue weighted by Gasteiger charge is 2.16. The summed E-state index contributed by atoms with van der Waals surface area (Å²) in [6.07, 6.45) is 1.40. The maximum Gasteiger partial charge on any atom is 0.411 e. The quantitative estimate of drug-likeness (QED) is 0.669. The van der Waals surface area contributed by atoms with E-state index in [2.05, 4.69) is 20.5 Å². The van der Waals surface area contributed by atoms with E-state index in [0.29, 0.717) is 16.4 Å². The Morgan fingerprint density at radius 2 is 2.29 bits per heavy atom. The first-order valence-electron chi connectivity index (χ1n) is 3.69. The first kappa shape index (κ1) is 8.59. The van der Waals surface area contributed by atoms with Crippen molar-refractivity contribution in [2.75, 3.05) is 0 Å². The van der Waals surface area contributed by atoms with Crippen LogP contribution in [0, 0.1) is 5.39 Å². The van der Waals surface area contributed by atoms with E-state index in [1.54, 1.807) is 12.1 Å². The smallest absolute Gasteiger partial charge is 0.192 e. The number of nitrogens with zero attached hydrogens (tertiary/aromatic N) is 6. The molecule has 2 rings (SSSR count). The highest BCUT2D eigenvalue weighted by Crippen LogP contribution is 2.25. The van der Waals surface area contributed by atoms with Crippen LogP contribution in [0.25, 0.3) is 10.7 Å². The molecule has 0 spiro atoms. The molecule has 68 valence electrons. The highest BCUT2D eigenvalue weighted by molar-refractivity contribution is 6.31. The molecule has 7 heteroatoms. The van der Waals surface area contributed by atoms with Crippen LogP contribution in [-0.2, 0) is 0 Å². The summed E-state index contributed by atoms with van der Waals surface area (Å²) in [6.45, 7) is 0. The number of benzene rings is 1. The average Bonchev–Trinajstić information content (AvgIpc) is 2.70. The Hall–Kier alpha value is -2.00. The molecule has 0 radical (unpaired) electrons. The molecule has 0 aliphatic carbocycles. The summed E-state index contributed by atoms with van der Waals surface area (Å²) in [6, 6.07) is 4.83. The number of hydrogen-bond donors (Lipinski definition) is 0. The minimum Gasteiger partial charge on any atom is -0.192 e. The molecule has 0 unspecified atom stereocenters. The lowest BCUT2D eigenvalue weighted by molar-refractivity contribution is 0.791. The maximum absolute atomic E-state index is 8.73. The van der Waals surface area contributed by atoms with Crippen LogP contribution in [0.4, 0.5) is 5.69 Å². The Balaban J connectivity index is 2.60. The van der Waals surface area contributed by atoms with E-state index in [0.717, 1.165) is 0 Å². The standard InChI is InChI=1S/C7H4ClN6/c8-5-1-2-7(6(3-5)11-9)14-4-10-12-13-14/h1-4H/q+1. The Bertz CT molecular complexity index is 485. The molecule has 0 saturated carbocycles. The number of aromatic nitrogens is 4. The van der Waals surface area contributed by atoms with Crippen LogP contribution in [0.5, 0.6) is 0 Å². The summed E-state index contributed by atoms with van der Waals surface area (Å²) < 4.78 is 1.38. The van der Waals surface area contributed by atoms with Crippen LogP contribution in [0.3, 0.4) is 0 Å². The Kier molecular flexibility index (Phi) is 2.08. The molecule has 0 N–H and O–H groups in total. The van der Waals surface area contributed by atoms with Crippen molar-refractivity contribution < 1.29 is 0 Å². The molecule has 1 aromatic carbocycles. The fraction of sp³-hybridized carbons (Fsp3) is 0. The first-order valence-corrected chi connectivity index (χ1v) is 4.07. The van der Waals surface area contributed by atoms with Crippen molar-refractivity contribution in [3.63, 3.8) is 0 Å². The van der Waals surface area contributed by atoms with Gasteiger partial charge in [-0.25, -0.2) is 0 Å². The SMILES string of the molecule is N#[N+]c1cc(Cl)ccc1-n1cnnn1. The minimum absolute atomic E-state index is 0.310. The zero-order valence-electron chi connectivity index (χ0n) is 6.87. The van der Waals surface area contributed by atoms with Gasteiger partial charge in [-0.1, -0.05) is 11.6 Å². The third-order valence-corrected chi connectivity index (χ3v) is 1.88. The van der Waals surface area contributed by atoms with Crippen molar-refractivity contribution in [1.82, 2.24) is 20.2 Å². The van der Waals surface area contributed by atoms with Crippen LogP contribution < -0.4 is 0 Å². The number of rotatable bonds is 1. The van der Waals surface area contributed by atoms with Crippen molar-refractivity contribution in [2.45, 2.75) is 0 Å². The molecule has 0 atom stereocenters. The van der Waals surface area contributed by atoms with Gasteiger partial charge in [0.1, 0.15) is 6.33 Å². The summed E-state index contributed by atoms with van der Waals surface area (Å²) in [5.74, 6) is 0. The van der Waals surface area contributed by atoms with Crippen LogP contribution in [0.15, 0.2) is 24.5 Å². The summed E-state index contributed by atoms with van der Waals surface area (Å²) in [4.78, 5) is 3.09. The number of diazo groups is 1. The lowest BCUT2D eigenvalue weighted by Gasteiger charge is -1.94. The Labute approximate surface area is 83.7 Å². The highest BCUT2D eigenvalue weighted by atomic mass is 35.5. The molecule has 0 bridgehead atoms. The molecule has 1 aromatic heterocycles. The van der Waals surface area contributed by atoms with Crippen molar-refractivity contribution in [3.8, 4) is 5.69 Å². The van der Waals surface area contributed by atoms with Gasteiger partial charge >= 0.3 is 5.69 Å². The normalized spacial score (nSPS) is 9.71. The van der Waals surface area contributed by atoms with Gasteiger partial charge in [0.15, 0.2) is 10.7 Å². The van der Waals surface area contributed by atoms with Gasteiger partial charge in [0.05, 0.1) is 6.07 Å². The van der Waals surface area contributed by atoms with Gasteiger partial charge in [0.25, 0.3) is 0 Å². The lowest BCUT2D eigenvalue weighted by atomic mass is 10.3. The number of halogens is 1. The van der Waals surface area contributed by atoms with E-state index in [9.17, 15) is 0 Å². The van der Waals surface area contributed by atoms with Crippen molar-refractivity contribution in [1.29, 1.82) is 5.39 Å². The van der Waals surface area contributed by atoms with Gasteiger partial charge in [-0.05, 0) is 22.6 Å². The summed E-state index contributed by atoms with van der Waals surface area (Å²) in [7, 11) is 0. The molecular formula is C7H4ClN6+. The van der Waals surface area contributed by atoms with Crippen LogP contribution in [-0.4, -0.2) is 20.2 Å². The lowest BCUT2D eigenvalue weighted by Crippen LogP contribution is -1.94. The predicted molar refractivity (Wildman–Crippen MR) is 48.9 cm³/mol. The summed E-state index contributed by atoms with van der Waals surface area (Å²) >= 11 is 5.72. The average molecular weight is 208 g/mol. The fourth-order valence-corrected chi connectivity index (χ4v) is 1.21. The summed E-state index contributed by atoms with van der Waals surface area (Å²) in [5, 5.41) is 19.8. The molecule has 0 aliphatic heterocycles. The van der Waals surface area contributed by atoms with Gasteiger partial charge in [0.2, 0.25) is 5.39 Å². The van der Waals surface area contributed by atoms with Gasteiger partial charge in [-0.2, -0.15) is 4.68 Å². The predicted octanol–water partition coefficient (Wildman–Crippen LogP) is 1.80. The number of tetrazole rings is 1. The second-order valence-corrected chi connectivity index (χ2v) is 2.92. The van der Waals surface area contributed by atoms with Crippen molar-refractivity contribution >= 4 is 17.3 Å². The fourth-order valence-electron chi connectivity index (χ4n) is 1.04. The van der Waals surface area contributed by atoms with E-state index in [4.69, 9.17) is 17.0 Å². The first-order chi connectivity index (χ1) is 6.81. The zero-order valence-corrected chi connectivity index (χ0v) is 7.63. The second kappa shape index (κ2) is 3.40. The van der Waals surface area contributed by atoms with Crippen LogP contribution in [0.2, 0.25) is 5.02 Å². The summed E-state index contributed by atoms with van der Waals surface area (Å²) in [5.41, 5.74) is 0.867. The molecule has 0 aliphatic rings. The van der Waals surface area contributed by atoms with Crippen molar-refractivity contribution in [2.24, 2.45) is 0 Å². The topological polar surface area (TPSA) is 71.8 Å². The van der Waals surface area contributed by atoms with Gasteiger partial charge < -0.3 is 0 Å². The third kappa shape index (κ3) is 1.41. The van der Waals surface area contributed by atoms with E-state index in [1.807, 2.05) is 0 Å². The monoisotopic (exact) mass is 207 g/mol. The Morgan fingerprint density at radius 3 is 2.93 bits per heavy atom. The maximum atomic E-state index is 8.73. The van der Waals surface area contributed by atoms with E-state index < -0.39 is 0 Å².